The van der Waals surface area contributed by atoms with Gasteiger partial charge in [-0.1, -0.05) is 11.8 Å². The molecule has 0 aromatic rings. The minimum Gasteiger partial charge on any atom is -0.353 e. The van der Waals surface area contributed by atoms with Gasteiger partial charge in [-0.05, 0) is 6.92 Å². The molecule has 0 heterocycles. The molecule has 0 spiro atoms. The summed E-state index contributed by atoms with van der Waals surface area (Å²) in [6, 6.07) is 0. The Morgan fingerprint density at radius 2 is 2.00 bits per heavy atom. The van der Waals surface area contributed by atoms with E-state index in [4.69, 9.17) is 10.8 Å². The molecule has 0 radical (unpaired) electrons. The first-order valence-electron chi connectivity index (χ1n) is 2.61. The summed E-state index contributed by atoms with van der Waals surface area (Å²) >= 11 is 0.842. The van der Waals surface area contributed by atoms with Gasteiger partial charge in [-0.2, -0.15) is 0 Å². The number of hydrogen-bond donors (Lipinski definition) is 3. The molecule has 0 bridgehead atoms. The highest BCUT2D eigenvalue weighted by Crippen LogP contribution is 2.02. The second-order valence-electron chi connectivity index (χ2n) is 1.57. The fourth-order valence-electron chi connectivity index (χ4n) is 0.313. The molecule has 10 heavy (non-hydrogen) atoms. The van der Waals surface area contributed by atoms with Crippen molar-refractivity contribution in [2.24, 2.45) is 0 Å². The van der Waals surface area contributed by atoms with E-state index in [9.17, 15) is 4.79 Å². The Bertz CT molecular complexity index is 178. The first-order chi connectivity index (χ1) is 4.57. The topological polar surface area (TPSA) is 76.8 Å². The van der Waals surface area contributed by atoms with E-state index in [0.29, 0.717) is 0 Å². The van der Waals surface area contributed by atoms with Gasteiger partial charge < -0.3 is 5.32 Å². The van der Waals surface area contributed by atoms with Crippen molar-refractivity contribution in [1.29, 1.82) is 10.8 Å². The molecule has 0 aliphatic heterocycles. The lowest BCUT2D eigenvalue weighted by atomic mass is 10.7. The van der Waals surface area contributed by atoms with Gasteiger partial charge in [-0.3, -0.25) is 15.6 Å². The second kappa shape index (κ2) is 4.05. The summed E-state index contributed by atoms with van der Waals surface area (Å²) in [6.07, 6.45) is 0. The number of amides is 1. The smallest absolute Gasteiger partial charge is 0.275 e. The molecular formula is C5H9N3OS. The Hall–Kier alpha value is -0.840. The third-order valence-electron chi connectivity index (χ3n) is 0.688. The lowest BCUT2D eigenvalue weighted by Gasteiger charge is -1.97. The molecule has 0 atom stereocenters. The van der Waals surface area contributed by atoms with Crippen LogP contribution >= 0.6 is 11.8 Å². The third-order valence-corrected chi connectivity index (χ3v) is 1.38. The van der Waals surface area contributed by atoms with Crippen molar-refractivity contribution in [2.75, 3.05) is 7.05 Å². The third kappa shape index (κ3) is 3.24. The number of rotatable bonds is 0. The molecule has 0 rings (SSSR count). The molecule has 56 valence electrons. The van der Waals surface area contributed by atoms with Crippen LogP contribution in [-0.2, 0) is 4.79 Å². The molecule has 0 aliphatic rings. The predicted molar refractivity (Wildman–Crippen MR) is 42.8 cm³/mol. The van der Waals surface area contributed by atoms with Gasteiger partial charge in [0.25, 0.3) is 5.91 Å². The van der Waals surface area contributed by atoms with E-state index in [1.165, 1.54) is 14.0 Å². The minimum atomic E-state index is -0.448. The maximum absolute atomic E-state index is 10.6. The van der Waals surface area contributed by atoms with E-state index in [-0.39, 0.29) is 10.1 Å². The molecule has 0 aliphatic carbocycles. The Labute approximate surface area is 63.4 Å². The number of thioether (sulfide) groups is 1. The fraction of sp³-hybridized carbons (Fsp3) is 0.400. The Morgan fingerprint density at radius 1 is 1.50 bits per heavy atom. The Balaban J connectivity index is 3.86. The summed E-state index contributed by atoms with van der Waals surface area (Å²) < 4.78 is 0. The molecule has 1 amide bonds. The van der Waals surface area contributed by atoms with E-state index in [1.807, 2.05) is 0 Å². The van der Waals surface area contributed by atoms with Gasteiger partial charge in [-0.25, -0.2) is 0 Å². The molecule has 4 nitrogen and oxygen atoms in total. The van der Waals surface area contributed by atoms with Crippen LogP contribution in [0.15, 0.2) is 0 Å². The zero-order chi connectivity index (χ0) is 8.15. The zero-order valence-electron chi connectivity index (χ0n) is 5.82. The van der Waals surface area contributed by atoms with Crippen LogP contribution in [0.2, 0.25) is 0 Å². The standard InChI is InChI=1S/C5H9N3OS/c1-3(6)10-4(7)5(9)8-2/h6-7H,1-2H3,(H,8,9). The van der Waals surface area contributed by atoms with Gasteiger partial charge in [0, 0.05) is 7.05 Å². The molecule has 0 saturated carbocycles. The van der Waals surface area contributed by atoms with E-state index in [1.54, 1.807) is 0 Å². The van der Waals surface area contributed by atoms with Crippen LogP contribution in [0, 0.1) is 10.8 Å². The summed E-state index contributed by atoms with van der Waals surface area (Å²) in [5.74, 6) is -0.448. The van der Waals surface area contributed by atoms with Gasteiger partial charge in [0.2, 0.25) is 0 Å². The quantitative estimate of drug-likeness (QED) is 0.354. The van der Waals surface area contributed by atoms with Gasteiger partial charge in [0.1, 0.15) is 0 Å². The van der Waals surface area contributed by atoms with Crippen molar-refractivity contribution in [3.63, 3.8) is 0 Å². The minimum absolute atomic E-state index is 0.144. The largest absolute Gasteiger partial charge is 0.353 e. The highest BCUT2D eigenvalue weighted by Gasteiger charge is 2.07. The fourth-order valence-corrected chi connectivity index (χ4v) is 0.814. The summed E-state index contributed by atoms with van der Waals surface area (Å²) in [7, 11) is 1.46. The summed E-state index contributed by atoms with van der Waals surface area (Å²) in [6.45, 7) is 1.53. The number of nitrogens with one attached hydrogen (secondary N) is 3. The van der Waals surface area contributed by atoms with Crippen molar-refractivity contribution >= 4 is 27.8 Å². The average Bonchev–Trinajstić information content (AvgIpc) is 1.85. The van der Waals surface area contributed by atoms with Crippen molar-refractivity contribution in [3.8, 4) is 0 Å². The molecule has 5 heteroatoms. The maximum Gasteiger partial charge on any atom is 0.275 e. The Kier molecular flexibility index (Phi) is 3.71. The van der Waals surface area contributed by atoms with E-state index in [2.05, 4.69) is 5.32 Å². The van der Waals surface area contributed by atoms with Gasteiger partial charge >= 0.3 is 0 Å². The SMILES string of the molecule is CNC(=O)C(=N)SC(C)=N. The second-order valence-corrected chi connectivity index (χ2v) is 2.79. The molecule has 0 fully saturated rings. The molecule has 0 aromatic carbocycles. The van der Waals surface area contributed by atoms with Crippen LogP contribution in [0.4, 0.5) is 0 Å². The highest BCUT2D eigenvalue weighted by atomic mass is 32.2. The van der Waals surface area contributed by atoms with Crippen molar-refractivity contribution in [3.05, 3.63) is 0 Å². The van der Waals surface area contributed by atoms with Crippen LogP contribution in [0.25, 0.3) is 0 Å². The number of carbonyl (C=O) groups is 1. The summed E-state index contributed by atoms with van der Waals surface area (Å²) in [5, 5.41) is 16.4. The normalized spacial score (nSPS) is 8.60. The van der Waals surface area contributed by atoms with Crippen LogP contribution < -0.4 is 5.32 Å². The molecule has 0 aromatic heterocycles. The number of hydrogen-bond acceptors (Lipinski definition) is 4. The molecule has 3 N–H and O–H groups in total. The van der Waals surface area contributed by atoms with Crippen LogP contribution in [0.3, 0.4) is 0 Å². The monoisotopic (exact) mass is 159 g/mol. The lowest BCUT2D eigenvalue weighted by Crippen LogP contribution is -2.25. The van der Waals surface area contributed by atoms with Gasteiger partial charge in [-0.15, -0.1) is 0 Å². The molecule has 0 unspecified atom stereocenters. The molecular weight excluding hydrogens is 150 g/mol. The molecule has 0 saturated heterocycles. The van der Waals surface area contributed by atoms with Gasteiger partial charge in [0.05, 0.1) is 5.04 Å². The number of carbonyl (C=O) groups excluding carboxylic acids is 1. The van der Waals surface area contributed by atoms with Crippen molar-refractivity contribution < 1.29 is 4.79 Å². The average molecular weight is 159 g/mol. The Morgan fingerprint density at radius 3 is 2.30 bits per heavy atom. The first-order valence-corrected chi connectivity index (χ1v) is 3.43. The van der Waals surface area contributed by atoms with Crippen LogP contribution in [0.5, 0.6) is 0 Å². The summed E-state index contributed by atoms with van der Waals surface area (Å²) in [5.41, 5.74) is 0. The van der Waals surface area contributed by atoms with E-state index in [0.717, 1.165) is 11.8 Å². The van der Waals surface area contributed by atoms with Crippen molar-refractivity contribution in [2.45, 2.75) is 6.92 Å². The van der Waals surface area contributed by atoms with Crippen LogP contribution in [-0.4, -0.2) is 23.0 Å². The zero-order valence-corrected chi connectivity index (χ0v) is 6.63. The van der Waals surface area contributed by atoms with Gasteiger partial charge in [0.15, 0.2) is 5.04 Å². The predicted octanol–water partition coefficient (Wildman–Crippen LogP) is 0.440. The van der Waals surface area contributed by atoms with E-state index >= 15 is 0 Å². The summed E-state index contributed by atoms with van der Waals surface area (Å²) in [4.78, 5) is 10.6. The first kappa shape index (κ1) is 9.16. The van der Waals surface area contributed by atoms with E-state index < -0.39 is 5.91 Å². The maximum atomic E-state index is 10.6. The lowest BCUT2D eigenvalue weighted by molar-refractivity contribution is -0.114. The van der Waals surface area contributed by atoms with Crippen LogP contribution in [0.1, 0.15) is 6.92 Å². The van der Waals surface area contributed by atoms with Crippen molar-refractivity contribution in [1.82, 2.24) is 5.32 Å². The highest BCUT2D eigenvalue weighted by molar-refractivity contribution is 8.27.